The van der Waals surface area contributed by atoms with Gasteiger partial charge in [0.05, 0.1) is 5.69 Å². The topological polar surface area (TPSA) is 62.3 Å². The molecule has 3 saturated heterocycles. The van der Waals surface area contributed by atoms with Crippen LogP contribution in [0.2, 0.25) is 0 Å². The number of likely N-dealkylation sites (tertiary alicyclic amines) is 1. The predicted octanol–water partition coefficient (Wildman–Crippen LogP) is 3.63. The molecule has 1 aromatic carbocycles. The zero-order valence-corrected chi connectivity index (χ0v) is 18.1. The van der Waals surface area contributed by atoms with Crippen LogP contribution in [0.15, 0.2) is 24.3 Å². The summed E-state index contributed by atoms with van der Waals surface area (Å²) in [5.41, 5.74) is -0.659. The SMILES string of the molecule is CCN1C(=O)N(c2ccc(OC(F)(F)F)cc2)C(=O)C12CCN(CC1CCOCC1)CC2. The first-order valence-corrected chi connectivity index (χ1v) is 11.1. The third-order valence-electron chi connectivity index (χ3n) is 6.73. The second kappa shape index (κ2) is 8.90. The van der Waals surface area contributed by atoms with Crippen LogP contribution >= 0.6 is 0 Å². The van der Waals surface area contributed by atoms with E-state index in [4.69, 9.17) is 4.74 Å². The van der Waals surface area contributed by atoms with Crippen LogP contribution in [0.4, 0.5) is 23.7 Å². The third-order valence-corrected chi connectivity index (χ3v) is 6.73. The number of carbonyl (C=O) groups excluding carboxylic acids is 2. The van der Waals surface area contributed by atoms with Crippen LogP contribution in [0, 0.1) is 5.92 Å². The van der Waals surface area contributed by atoms with Crippen molar-refractivity contribution in [1.29, 1.82) is 0 Å². The lowest BCUT2D eigenvalue weighted by molar-refractivity contribution is -0.274. The molecule has 0 saturated carbocycles. The summed E-state index contributed by atoms with van der Waals surface area (Å²) in [6.07, 6.45) is -1.63. The number of piperidine rings is 1. The monoisotopic (exact) mass is 455 g/mol. The van der Waals surface area contributed by atoms with Gasteiger partial charge in [0.15, 0.2) is 0 Å². The van der Waals surface area contributed by atoms with Gasteiger partial charge < -0.3 is 19.3 Å². The summed E-state index contributed by atoms with van der Waals surface area (Å²) in [6.45, 7) is 6.22. The Morgan fingerprint density at radius 2 is 1.72 bits per heavy atom. The standard InChI is InChI=1S/C22H28F3N3O4/c1-2-27-20(30)28(17-3-5-18(6-4-17)32-22(23,24)25)19(29)21(27)9-11-26(12-10-21)15-16-7-13-31-14-8-16/h3-6,16H,2,7-15H2,1H3. The molecule has 0 N–H and O–H groups in total. The molecule has 0 atom stereocenters. The van der Waals surface area contributed by atoms with Crippen molar-refractivity contribution in [2.24, 2.45) is 5.92 Å². The smallest absolute Gasteiger partial charge is 0.406 e. The molecule has 0 aliphatic carbocycles. The van der Waals surface area contributed by atoms with Crippen molar-refractivity contribution in [3.63, 3.8) is 0 Å². The summed E-state index contributed by atoms with van der Waals surface area (Å²) >= 11 is 0. The molecular weight excluding hydrogens is 427 g/mol. The van der Waals surface area contributed by atoms with E-state index in [9.17, 15) is 22.8 Å². The lowest BCUT2D eigenvalue weighted by Crippen LogP contribution is -2.57. The van der Waals surface area contributed by atoms with Crippen molar-refractivity contribution >= 4 is 17.6 Å². The van der Waals surface area contributed by atoms with E-state index in [2.05, 4.69) is 9.64 Å². The fourth-order valence-corrected chi connectivity index (χ4v) is 5.06. The molecule has 0 unspecified atom stereocenters. The Bertz CT molecular complexity index is 832. The number of likely N-dealkylation sites (N-methyl/N-ethyl adjacent to an activating group) is 1. The summed E-state index contributed by atoms with van der Waals surface area (Å²) in [6, 6.07) is 4.41. The molecule has 10 heteroatoms. The highest BCUT2D eigenvalue weighted by molar-refractivity contribution is 6.23. The maximum absolute atomic E-state index is 13.5. The minimum Gasteiger partial charge on any atom is -0.406 e. The van der Waals surface area contributed by atoms with Crippen LogP contribution in [-0.4, -0.2) is 73.0 Å². The van der Waals surface area contributed by atoms with Crippen LogP contribution in [0.25, 0.3) is 0 Å². The third kappa shape index (κ3) is 4.43. The number of hydrogen-bond acceptors (Lipinski definition) is 5. The zero-order chi connectivity index (χ0) is 22.9. The first-order chi connectivity index (χ1) is 15.2. The van der Waals surface area contributed by atoms with Crippen molar-refractivity contribution in [3.8, 4) is 5.75 Å². The molecule has 3 aliphatic heterocycles. The lowest BCUT2D eigenvalue weighted by Gasteiger charge is -2.43. The van der Waals surface area contributed by atoms with Crippen molar-refractivity contribution in [1.82, 2.24) is 9.80 Å². The van der Waals surface area contributed by atoms with Gasteiger partial charge >= 0.3 is 12.4 Å². The summed E-state index contributed by atoms with van der Waals surface area (Å²) in [7, 11) is 0. The van der Waals surface area contributed by atoms with Crippen molar-refractivity contribution in [2.45, 2.75) is 44.5 Å². The lowest BCUT2D eigenvalue weighted by atomic mass is 9.85. The Labute approximate surface area is 185 Å². The molecule has 0 aromatic heterocycles. The van der Waals surface area contributed by atoms with E-state index in [0.717, 1.165) is 62.7 Å². The Morgan fingerprint density at radius 1 is 1.09 bits per heavy atom. The number of nitrogens with zero attached hydrogens (tertiary/aromatic N) is 3. The number of rotatable bonds is 5. The van der Waals surface area contributed by atoms with E-state index in [1.54, 1.807) is 4.90 Å². The molecule has 3 aliphatic rings. The van der Waals surface area contributed by atoms with Gasteiger partial charge in [-0.15, -0.1) is 13.2 Å². The number of carbonyl (C=O) groups is 2. The van der Waals surface area contributed by atoms with Crippen molar-refractivity contribution < 1.29 is 32.2 Å². The van der Waals surface area contributed by atoms with E-state index >= 15 is 0 Å². The van der Waals surface area contributed by atoms with Gasteiger partial charge in [-0.3, -0.25) is 4.79 Å². The van der Waals surface area contributed by atoms with E-state index in [1.807, 2.05) is 6.92 Å². The average Bonchev–Trinajstić information content (AvgIpc) is 2.96. The fourth-order valence-electron chi connectivity index (χ4n) is 5.06. The Hall–Kier alpha value is -2.33. The average molecular weight is 455 g/mol. The first kappa shape index (κ1) is 22.8. The molecule has 0 radical (unpaired) electrons. The Balaban J connectivity index is 1.47. The molecule has 0 bridgehead atoms. The van der Waals surface area contributed by atoms with Gasteiger partial charge in [-0.2, -0.15) is 0 Å². The maximum atomic E-state index is 13.5. The van der Waals surface area contributed by atoms with Gasteiger partial charge in [0, 0.05) is 39.4 Å². The highest BCUT2D eigenvalue weighted by atomic mass is 19.4. The van der Waals surface area contributed by atoms with Gasteiger partial charge in [0.2, 0.25) is 0 Å². The van der Waals surface area contributed by atoms with E-state index in [-0.39, 0.29) is 11.6 Å². The minimum absolute atomic E-state index is 0.245. The first-order valence-electron chi connectivity index (χ1n) is 11.1. The van der Waals surface area contributed by atoms with Gasteiger partial charge in [-0.05, 0) is 62.8 Å². The fraction of sp³-hybridized carbons (Fsp3) is 0.636. The Morgan fingerprint density at radius 3 is 2.28 bits per heavy atom. The van der Waals surface area contributed by atoms with Gasteiger partial charge in [0.25, 0.3) is 5.91 Å². The number of imide groups is 1. The highest BCUT2D eigenvalue weighted by Crippen LogP contribution is 2.40. The van der Waals surface area contributed by atoms with Crippen LogP contribution in [-0.2, 0) is 9.53 Å². The Kier molecular flexibility index (Phi) is 6.35. The van der Waals surface area contributed by atoms with Crippen LogP contribution < -0.4 is 9.64 Å². The van der Waals surface area contributed by atoms with Crippen molar-refractivity contribution in [3.05, 3.63) is 24.3 Å². The molecule has 3 fully saturated rings. The second-order valence-corrected chi connectivity index (χ2v) is 8.60. The maximum Gasteiger partial charge on any atom is 0.573 e. The van der Waals surface area contributed by atoms with E-state index < -0.39 is 23.7 Å². The van der Waals surface area contributed by atoms with Gasteiger partial charge in [-0.1, -0.05) is 0 Å². The summed E-state index contributed by atoms with van der Waals surface area (Å²) in [5, 5.41) is 0. The molecule has 176 valence electrons. The summed E-state index contributed by atoms with van der Waals surface area (Å²) in [4.78, 5) is 31.7. The largest absolute Gasteiger partial charge is 0.573 e. The second-order valence-electron chi connectivity index (χ2n) is 8.60. The summed E-state index contributed by atoms with van der Waals surface area (Å²) in [5.74, 6) is -0.113. The highest BCUT2D eigenvalue weighted by Gasteiger charge is 2.57. The van der Waals surface area contributed by atoms with Crippen LogP contribution in [0.3, 0.4) is 0 Å². The van der Waals surface area contributed by atoms with Crippen molar-refractivity contribution in [2.75, 3.05) is 44.3 Å². The number of benzene rings is 1. The summed E-state index contributed by atoms with van der Waals surface area (Å²) < 4.78 is 46.6. The minimum atomic E-state index is -4.80. The number of amides is 3. The molecule has 32 heavy (non-hydrogen) atoms. The predicted molar refractivity (Wildman–Crippen MR) is 110 cm³/mol. The molecule has 1 spiro atoms. The van der Waals surface area contributed by atoms with Crippen LogP contribution in [0.1, 0.15) is 32.6 Å². The number of anilines is 1. The molecule has 1 aromatic rings. The quantitative estimate of drug-likeness (QED) is 0.635. The zero-order valence-electron chi connectivity index (χ0n) is 18.1. The van der Waals surface area contributed by atoms with E-state index in [0.29, 0.717) is 25.3 Å². The number of ether oxygens (including phenoxy) is 2. The van der Waals surface area contributed by atoms with E-state index in [1.165, 1.54) is 12.1 Å². The number of halogens is 3. The molecule has 3 heterocycles. The molecule has 4 rings (SSSR count). The van der Waals surface area contributed by atoms with Gasteiger partial charge in [0.1, 0.15) is 11.3 Å². The van der Waals surface area contributed by atoms with Gasteiger partial charge in [-0.25, -0.2) is 9.69 Å². The number of alkyl halides is 3. The number of urea groups is 1. The molecule has 7 nitrogen and oxygen atoms in total. The molecule has 3 amide bonds. The normalized spacial score (nSPS) is 22.8. The molecular formula is C22H28F3N3O4. The van der Waals surface area contributed by atoms with Crippen LogP contribution in [0.5, 0.6) is 5.75 Å². The number of hydrogen-bond donors (Lipinski definition) is 0.